The molecule has 0 aliphatic carbocycles. The monoisotopic (exact) mass is 200 g/mol. The maximum Gasteiger partial charge on any atom is 0.331 e. The molecule has 0 atom stereocenters. The zero-order chi connectivity index (χ0) is 11.4. The van der Waals surface area contributed by atoms with Crippen molar-refractivity contribution in [3.8, 4) is 0 Å². The van der Waals surface area contributed by atoms with E-state index in [4.69, 9.17) is 10.2 Å². The number of rotatable bonds is 4. The predicted octanol–water partition coefficient (Wildman–Crippen LogP) is 1.91. The van der Waals surface area contributed by atoms with Gasteiger partial charge in [0.2, 0.25) is 0 Å². The second-order valence-corrected chi connectivity index (χ2v) is 4.37. The summed E-state index contributed by atoms with van der Waals surface area (Å²) in [5, 5.41) is 17.1. The van der Waals surface area contributed by atoms with E-state index >= 15 is 0 Å². The summed E-state index contributed by atoms with van der Waals surface area (Å²) in [6.07, 6.45) is 1.69. The van der Waals surface area contributed by atoms with Crippen LogP contribution < -0.4 is 0 Å². The van der Waals surface area contributed by atoms with Crippen molar-refractivity contribution >= 4 is 11.9 Å². The van der Waals surface area contributed by atoms with E-state index in [1.807, 2.05) is 20.8 Å². The average molecular weight is 200 g/mol. The lowest BCUT2D eigenvalue weighted by Gasteiger charge is -2.17. The molecule has 4 heteroatoms. The summed E-state index contributed by atoms with van der Waals surface area (Å²) in [4.78, 5) is 20.9. The van der Waals surface area contributed by atoms with Crippen LogP contribution in [0.1, 0.15) is 33.6 Å². The lowest BCUT2D eigenvalue weighted by atomic mass is 9.88. The first-order chi connectivity index (χ1) is 6.22. The van der Waals surface area contributed by atoms with E-state index in [1.54, 1.807) is 0 Å². The Morgan fingerprint density at radius 1 is 1.21 bits per heavy atom. The molecule has 0 saturated carbocycles. The minimum Gasteiger partial charge on any atom is -0.478 e. The summed E-state index contributed by atoms with van der Waals surface area (Å²) in [5.74, 6) is -2.37. The van der Waals surface area contributed by atoms with E-state index in [-0.39, 0.29) is 17.4 Å². The first-order valence-electron chi connectivity index (χ1n) is 4.39. The van der Waals surface area contributed by atoms with Crippen LogP contribution in [0.5, 0.6) is 0 Å². The third-order valence-electron chi connectivity index (χ3n) is 1.72. The minimum atomic E-state index is -1.21. The number of carboxylic acid groups (broad SMARTS) is 2. The van der Waals surface area contributed by atoms with Gasteiger partial charge in [0.05, 0.1) is 0 Å². The maximum atomic E-state index is 10.6. The van der Waals surface area contributed by atoms with Crippen molar-refractivity contribution in [3.63, 3.8) is 0 Å². The number of hydrogen-bond donors (Lipinski definition) is 2. The fourth-order valence-corrected chi connectivity index (χ4v) is 0.900. The predicted molar refractivity (Wildman–Crippen MR) is 52.0 cm³/mol. The van der Waals surface area contributed by atoms with Crippen LogP contribution in [0.3, 0.4) is 0 Å². The molecule has 0 rings (SSSR count). The summed E-state index contributed by atoms with van der Waals surface area (Å²) in [5.41, 5.74) is -0.0417. The van der Waals surface area contributed by atoms with Gasteiger partial charge in [0.25, 0.3) is 0 Å². The van der Waals surface area contributed by atoms with Crippen LogP contribution in [-0.4, -0.2) is 22.2 Å². The van der Waals surface area contributed by atoms with Gasteiger partial charge in [-0.3, -0.25) is 0 Å². The Morgan fingerprint density at radius 2 is 1.71 bits per heavy atom. The molecule has 0 fully saturated rings. The van der Waals surface area contributed by atoms with Crippen molar-refractivity contribution in [2.75, 3.05) is 0 Å². The first kappa shape index (κ1) is 12.7. The summed E-state index contributed by atoms with van der Waals surface area (Å²) in [6.45, 7) is 5.94. The van der Waals surface area contributed by atoms with E-state index in [1.165, 1.54) is 0 Å². The van der Waals surface area contributed by atoms with Crippen LogP contribution in [-0.2, 0) is 9.59 Å². The average Bonchev–Trinajstić information content (AvgIpc) is 1.94. The number of carbonyl (C=O) groups is 2. The first-order valence-corrected chi connectivity index (χ1v) is 4.39. The topological polar surface area (TPSA) is 74.6 Å². The maximum absolute atomic E-state index is 10.6. The summed E-state index contributed by atoms with van der Waals surface area (Å²) in [6, 6.07) is 0. The Bertz CT molecular complexity index is 258. The lowest BCUT2D eigenvalue weighted by Crippen LogP contribution is -2.10. The number of carboxylic acids is 2. The zero-order valence-electron chi connectivity index (χ0n) is 8.70. The molecule has 4 nitrogen and oxygen atoms in total. The molecule has 0 aromatic rings. The van der Waals surface area contributed by atoms with E-state index in [0.29, 0.717) is 6.42 Å². The molecule has 80 valence electrons. The Morgan fingerprint density at radius 3 is 2.00 bits per heavy atom. The third kappa shape index (κ3) is 6.22. The molecule has 0 bridgehead atoms. The highest BCUT2D eigenvalue weighted by molar-refractivity contribution is 5.94. The Hall–Kier alpha value is -1.32. The van der Waals surface area contributed by atoms with Gasteiger partial charge < -0.3 is 10.2 Å². The van der Waals surface area contributed by atoms with E-state index in [0.717, 1.165) is 6.08 Å². The van der Waals surface area contributed by atoms with Gasteiger partial charge in [-0.2, -0.15) is 0 Å². The highest BCUT2D eigenvalue weighted by atomic mass is 16.4. The molecular formula is C10H16O4. The Kier molecular flexibility index (Phi) is 4.34. The molecular weight excluding hydrogens is 184 g/mol. The Balaban J connectivity index is 4.41. The SMILES string of the molecule is CC(C)(C)CCC(=CC(=O)O)C(=O)O. The second kappa shape index (κ2) is 4.79. The highest BCUT2D eigenvalue weighted by Gasteiger charge is 2.15. The van der Waals surface area contributed by atoms with Crippen LogP contribution >= 0.6 is 0 Å². The molecule has 0 unspecified atom stereocenters. The quantitative estimate of drug-likeness (QED) is 0.680. The van der Waals surface area contributed by atoms with Gasteiger partial charge in [-0.1, -0.05) is 20.8 Å². The van der Waals surface area contributed by atoms with E-state index < -0.39 is 11.9 Å². The largest absolute Gasteiger partial charge is 0.478 e. The van der Waals surface area contributed by atoms with Gasteiger partial charge in [0.1, 0.15) is 0 Å². The molecule has 2 N–H and O–H groups in total. The third-order valence-corrected chi connectivity index (χ3v) is 1.72. The van der Waals surface area contributed by atoms with Crippen LogP contribution in [0.15, 0.2) is 11.6 Å². The van der Waals surface area contributed by atoms with E-state index in [9.17, 15) is 9.59 Å². The summed E-state index contributed by atoms with van der Waals surface area (Å²) < 4.78 is 0. The molecule has 0 aliphatic heterocycles. The fraction of sp³-hybridized carbons (Fsp3) is 0.600. The standard InChI is InChI=1S/C10H16O4/c1-10(2,3)5-4-7(9(13)14)6-8(11)12/h6H,4-5H2,1-3H3,(H,11,12)(H,13,14). The molecule has 0 heterocycles. The lowest BCUT2D eigenvalue weighted by molar-refractivity contribution is -0.135. The van der Waals surface area contributed by atoms with Gasteiger partial charge in [0, 0.05) is 11.6 Å². The molecule has 14 heavy (non-hydrogen) atoms. The Labute approximate surface area is 83.2 Å². The molecule has 0 radical (unpaired) electrons. The smallest absolute Gasteiger partial charge is 0.331 e. The van der Waals surface area contributed by atoms with E-state index in [2.05, 4.69) is 0 Å². The van der Waals surface area contributed by atoms with Crippen LogP contribution in [0.2, 0.25) is 0 Å². The molecule has 0 aliphatic rings. The van der Waals surface area contributed by atoms with Crippen molar-refractivity contribution in [1.29, 1.82) is 0 Å². The van der Waals surface area contributed by atoms with Gasteiger partial charge >= 0.3 is 11.9 Å². The molecule has 0 amide bonds. The highest BCUT2D eigenvalue weighted by Crippen LogP contribution is 2.23. The second-order valence-electron chi connectivity index (χ2n) is 4.37. The normalized spacial score (nSPS) is 12.6. The molecule has 0 aromatic heterocycles. The summed E-state index contributed by atoms with van der Waals surface area (Å²) >= 11 is 0. The van der Waals surface area contributed by atoms with Crippen molar-refractivity contribution in [1.82, 2.24) is 0 Å². The number of hydrogen-bond acceptors (Lipinski definition) is 2. The van der Waals surface area contributed by atoms with Crippen molar-refractivity contribution < 1.29 is 19.8 Å². The molecule has 0 spiro atoms. The zero-order valence-corrected chi connectivity index (χ0v) is 8.70. The van der Waals surface area contributed by atoms with Gasteiger partial charge in [0.15, 0.2) is 0 Å². The van der Waals surface area contributed by atoms with Crippen LogP contribution in [0, 0.1) is 5.41 Å². The minimum absolute atomic E-state index is 0.00699. The van der Waals surface area contributed by atoms with Crippen molar-refractivity contribution in [2.45, 2.75) is 33.6 Å². The van der Waals surface area contributed by atoms with Crippen molar-refractivity contribution in [2.24, 2.45) is 5.41 Å². The van der Waals surface area contributed by atoms with Crippen LogP contribution in [0.4, 0.5) is 0 Å². The van der Waals surface area contributed by atoms with Gasteiger partial charge in [-0.25, -0.2) is 9.59 Å². The molecule has 0 aromatic carbocycles. The van der Waals surface area contributed by atoms with Gasteiger partial charge in [-0.15, -0.1) is 0 Å². The number of aliphatic carboxylic acids is 2. The molecule has 0 saturated heterocycles. The van der Waals surface area contributed by atoms with Crippen LogP contribution in [0.25, 0.3) is 0 Å². The van der Waals surface area contributed by atoms with Crippen molar-refractivity contribution in [3.05, 3.63) is 11.6 Å². The summed E-state index contributed by atoms with van der Waals surface area (Å²) in [7, 11) is 0. The fourth-order valence-electron chi connectivity index (χ4n) is 0.900. The van der Waals surface area contributed by atoms with Gasteiger partial charge in [-0.05, 0) is 18.3 Å².